The molecule has 2 N–H and O–H groups in total. The monoisotopic (exact) mass is 157 g/mol. The van der Waals surface area contributed by atoms with Crippen molar-refractivity contribution in [1.82, 2.24) is 4.98 Å². The second-order valence-electron chi connectivity index (χ2n) is 2.21. The minimum absolute atomic E-state index is 0.218. The molecular weight excluding hydrogens is 150 g/mol. The van der Waals surface area contributed by atoms with Crippen molar-refractivity contribution in [3.05, 3.63) is 18.4 Å². The lowest BCUT2D eigenvalue weighted by atomic mass is 10.1. The molecule has 0 aromatic carbocycles. The van der Waals surface area contributed by atoms with Gasteiger partial charge >= 0.3 is 5.97 Å². The first kappa shape index (κ1) is 7.74. The zero-order chi connectivity index (χ0) is 8.48. The fourth-order valence-corrected chi connectivity index (χ4v) is 0.555. The Hall–Kier alpha value is -1.36. The first-order chi connectivity index (χ1) is 5.05. The van der Waals surface area contributed by atoms with E-state index in [1.165, 1.54) is 12.5 Å². The molecular formula is C6H7NO4. The third kappa shape index (κ3) is 1.22. The van der Waals surface area contributed by atoms with Crippen molar-refractivity contribution < 1.29 is 19.4 Å². The Morgan fingerprint density at radius 3 is 2.82 bits per heavy atom. The predicted octanol–water partition coefficient (Wildman–Crippen LogP) is -0.0333. The Morgan fingerprint density at radius 2 is 2.45 bits per heavy atom. The molecule has 1 aromatic heterocycles. The van der Waals surface area contributed by atoms with Crippen LogP contribution in [0.25, 0.3) is 0 Å². The number of carboxylic acid groups (broad SMARTS) is 1. The summed E-state index contributed by atoms with van der Waals surface area (Å²) >= 11 is 0. The summed E-state index contributed by atoms with van der Waals surface area (Å²) in [5, 5.41) is 17.7. The highest BCUT2D eigenvalue weighted by Crippen LogP contribution is 2.17. The largest absolute Gasteiger partial charge is 0.479 e. The average molecular weight is 157 g/mol. The predicted molar refractivity (Wildman–Crippen MR) is 33.7 cm³/mol. The summed E-state index contributed by atoms with van der Waals surface area (Å²) in [6.07, 6.45) is 2.47. The van der Waals surface area contributed by atoms with E-state index >= 15 is 0 Å². The van der Waals surface area contributed by atoms with Crippen LogP contribution in [0, 0.1) is 0 Å². The smallest absolute Gasteiger partial charge is 0.345 e. The summed E-state index contributed by atoms with van der Waals surface area (Å²) in [5.41, 5.74) is -2.04. The number of aromatic nitrogens is 1. The first-order valence-electron chi connectivity index (χ1n) is 2.91. The van der Waals surface area contributed by atoms with E-state index < -0.39 is 11.6 Å². The fraction of sp³-hybridized carbons (Fsp3) is 0.333. The molecule has 60 valence electrons. The quantitative estimate of drug-likeness (QED) is 0.629. The van der Waals surface area contributed by atoms with E-state index in [4.69, 9.17) is 5.11 Å². The van der Waals surface area contributed by atoms with Crippen LogP contribution in [0.3, 0.4) is 0 Å². The number of aliphatic hydroxyl groups is 1. The van der Waals surface area contributed by atoms with E-state index in [-0.39, 0.29) is 5.89 Å². The van der Waals surface area contributed by atoms with E-state index in [1.54, 1.807) is 0 Å². The van der Waals surface area contributed by atoms with Crippen molar-refractivity contribution in [2.45, 2.75) is 12.5 Å². The van der Waals surface area contributed by atoms with Gasteiger partial charge in [0.15, 0.2) is 0 Å². The second-order valence-corrected chi connectivity index (χ2v) is 2.21. The molecule has 5 heteroatoms. The molecule has 0 aliphatic heterocycles. The lowest BCUT2D eigenvalue weighted by molar-refractivity contribution is -0.159. The molecule has 11 heavy (non-hydrogen) atoms. The van der Waals surface area contributed by atoms with Crippen LogP contribution >= 0.6 is 0 Å². The molecule has 0 bridgehead atoms. The number of hydrogen-bond donors (Lipinski definition) is 2. The minimum atomic E-state index is -2.04. The number of hydrogen-bond acceptors (Lipinski definition) is 4. The van der Waals surface area contributed by atoms with Gasteiger partial charge in [-0.15, -0.1) is 0 Å². The van der Waals surface area contributed by atoms with E-state index in [2.05, 4.69) is 9.40 Å². The Morgan fingerprint density at radius 1 is 1.82 bits per heavy atom. The standard InChI is InChI=1S/C6H7NO4/c1-6(10,5(8)9)4-7-2-3-11-4/h2-3,10H,1H3,(H,8,9). The zero-order valence-corrected chi connectivity index (χ0v) is 5.81. The van der Waals surface area contributed by atoms with Crippen molar-refractivity contribution in [3.63, 3.8) is 0 Å². The van der Waals surface area contributed by atoms with Crippen LogP contribution in [-0.2, 0) is 10.4 Å². The Kier molecular flexibility index (Phi) is 1.66. The highest BCUT2D eigenvalue weighted by atomic mass is 16.4. The normalized spacial score (nSPS) is 15.8. The Labute approximate surface area is 62.3 Å². The van der Waals surface area contributed by atoms with E-state index in [0.29, 0.717) is 0 Å². The third-order valence-electron chi connectivity index (χ3n) is 1.27. The van der Waals surface area contributed by atoms with Gasteiger partial charge in [0.2, 0.25) is 11.5 Å². The van der Waals surface area contributed by atoms with Gasteiger partial charge in [-0.1, -0.05) is 0 Å². The summed E-state index contributed by atoms with van der Waals surface area (Å²) in [6, 6.07) is 0. The molecule has 0 saturated carbocycles. The third-order valence-corrected chi connectivity index (χ3v) is 1.27. The van der Waals surface area contributed by atoms with Gasteiger partial charge in [-0.2, -0.15) is 0 Å². The number of oxazole rings is 1. The maximum Gasteiger partial charge on any atom is 0.345 e. The van der Waals surface area contributed by atoms with Crippen LogP contribution < -0.4 is 0 Å². The average Bonchev–Trinajstić information content (AvgIpc) is 2.37. The number of aliphatic carboxylic acids is 1. The van der Waals surface area contributed by atoms with E-state index in [9.17, 15) is 9.90 Å². The molecule has 0 fully saturated rings. The summed E-state index contributed by atoms with van der Waals surface area (Å²) in [6.45, 7) is 1.10. The number of nitrogens with zero attached hydrogens (tertiary/aromatic N) is 1. The van der Waals surface area contributed by atoms with Crippen molar-refractivity contribution in [2.75, 3.05) is 0 Å². The lowest BCUT2D eigenvalue weighted by Crippen LogP contribution is -2.32. The van der Waals surface area contributed by atoms with Crippen molar-refractivity contribution in [2.24, 2.45) is 0 Å². The van der Waals surface area contributed by atoms with Gasteiger partial charge in [0.25, 0.3) is 0 Å². The van der Waals surface area contributed by atoms with Crippen LogP contribution in [0.15, 0.2) is 16.9 Å². The second kappa shape index (κ2) is 2.35. The maximum absolute atomic E-state index is 10.4. The van der Waals surface area contributed by atoms with Gasteiger partial charge in [0.1, 0.15) is 6.26 Å². The van der Waals surface area contributed by atoms with Crippen LogP contribution in [-0.4, -0.2) is 21.2 Å². The molecule has 0 radical (unpaired) electrons. The van der Waals surface area contributed by atoms with Crippen molar-refractivity contribution in [1.29, 1.82) is 0 Å². The number of carboxylic acids is 1. The number of rotatable bonds is 2. The molecule has 0 amide bonds. The molecule has 0 spiro atoms. The molecule has 1 unspecified atom stereocenters. The van der Waals surface area contributed by atoms with Crippen LogP contribution in [0.1, 0.15) is 12.8 Å². The molecule has 0 aliphatic rings. The highest BCUT2D eigenvalue weighted by Gasteiger charge is 2.36. The Bertz CT molecular complexity index is 252. The lowest BCUT2D eigenvalue weighted by Gasteiger charge is -2.11. The molecule has 0 aliphatic carbocycles. The summed E-state index contributed by atoms with van der Waals surface area (Å²) < 4.78 is 4.62. The van der Waals surface area contributed by atoms with Gasteiger partial charge in [-0.05, 0) is 6.92 Å². The summed E-state index contributed by atoms with van der Waals surface area (Å²) in [4.78, 5) is 13.9. The van der Waals surface area contributed by atoms with Gasteiger partial charge in [-0.3, -0.25) is 0 Å². The van der Waals surface area contributed by atoms with Crippen molar-refractivity contribution >= 4 is 5.97 Å². The van der Waals surface area contributed by atoms with Gasteiger partial charge in [0, 0.05) is 0 Å². The van der Waals surface area contributed by atoms with Crippen molar-refractivity contribution in [3.8, 4) is 0 Å². The topological polar surface area (TPSA) is 83.6 Å². The fourth-order valence-electron chi connectivity index (χ4n) is 0.555. The van der Waals surface area contributed by atoms with Gasteiger partial charge in [0.05, 0.1) is 6.20 Å². The molecule has 1 rings (SSSR count). The van der Waals surface area contributed by atoms with E-state index in [0.717, 1.165) is 6.92 Å². The molecule has 1 atom stereocenters. The van der Waals surface area contributed by atoms with Crippen LogP contribution in [0.2, 0.25) is 0 Å². The van der Waals surface area contributed by atoms with Crippen LogP contribution in [0.5, 0.6) is 0 Å². The molecule has 1 heterocycles. The molecule has 1 aromatic rings. The zero-order valence-electron chi connectivity index (χ0n) is 5.81. The van der Waals surface area contributed by atoms with E-state index in [1.807, 2.05) is 0 Å². The maximum atomic E-state index is 10.4. The first-order valence-corrected chi connectivity index (χ1v) is 2.91. The highest BCUT2D eigenvalue weighted by molar-refractivity contribution is 5.76. The van der Waals surface area contributed by atoms with Gasteiger partial charge < -0.3 is 14.6 Å². The SMILES string of the molecule is CC(O)(C(=O)O)c1ncco1. The van der Waals surface area contributed by atoms with Crippen LogP contribution in [0.4, 0.5) is 0 Å². The Balaban J connectivity index is 3.00. The number of carbonyl (C=O) groups is 1. The van der Waals surface area contributed by atoms with Gasteiger partial charge in [-0.25, -0.2) is 9.78 Å². The summed E-state index contributed by atoms with van der Waals surface area (Å²) in [7, 11) is 0. The molecule has 5 nitrogen and oxygen atoms in total. The molecule has 0 saturated heterocycles. The summed E-state index contributed by atoms with van der Waals surface area (Å²) in [5.74, 6) is -1.61. The minimum Gasteiger partial charge on any atom is -0.479 e.